The summed E-state index contributed by atoms with van der Waals surface area (Å²) in [5, 5.41) is 5.12. The lowest BCUT2D eigenvalue weighted by atomic mass is 10.4. The Morgan fingerprint density at radius 1 is 1.45 bits per heavy atom. The predicted molar refractivity (Wildman–Crippen MR) is 40.3 cm³/mol. The Labute approximate surface area is 68.2 Å². The predicted octanol–water partition coefficient (Wildman–Crippen LogP) is 1.03. The fraction of sp³-hybridized carbons (Fsp3) is 0.800. The summed E-state index contributed by atoms with van der Waals surface area (Å²) in [5.74, 6) is 0. The zero-order valence-corrected chi connectivity index (χ0v) is 6.77. The van der Waals surface area contributed by atoms with Crippen molar-refractivity contribution in [1.29, 1.82) is 0 Å². The van der Waals surface area contributed by atoms with Crippen molar-refractivity contribution >= 4 is 17.3 Å². The number of thiocarbonyl (C=S) groups is 1. The molecule has 0 aromatic carbocycles. The first-order chi connectivity index (χ1) is 4.95. The molecule has 0 spiro atoms. The number of hydrogen-bond donors (Lipinski definition) is 2. The molecule has 0 fully saturated rings. The molecule has 0 radical (unpaired) electrons. The SMILES string of the molecule is CNC(=S)NCCC(F)(F)F. The molecule has 66 valence electrons. The molecule has 0 aliphatic rings. The van der Waals surface area contributed by atoms with Gasteiger partial charge in [0, 0.05) is 13.6 Å². The Bertz CT molecular complexity index is 134. The fourth-order valence-corrected chi connectivity index (χ4v) is 0.508. The van der Waals surface area contributed by atoms with Crippen LogP contribution in [0, 0.1) is 0 Å². The first-order valence-electron chi connectivity index (χ1n) is 2.98. The molecule has 0 atom stereocenters. The number of halogens is 3. The van der Waals surface area contributed by atoms with Gasteiger partial charge in [0.05, 0.1) is 6.42 Å². The molecular weight excluding hydrogens is 177 g/mol. The van der Waals surface area contributed by atoms with Crippen LogP contribution in [0.4, 0.5) is 13.2 Å². The minimum absolute atomic E-state index is 0.177. The van der Waals surface area contributed by atoms with Crippen LogP contribution in [0.1, 0.15) is 6.42 Å². The maximum absolute atomic E-state index is 11.5. The van der Waals surface area contributed by atoms with Gasteiger partial charge >= 0.3 is 6.18 Å². The third-order valence-corrected chi connectivity index (χ3v) is 1.27. The average molecular weight is 186 g/mol. The molecular formula is C5H9F3N2S. The molecule has 0 saturated carbocycles. The van der Waals surface area contributed by atoms with Crippen molar-refractivity contribution in [3.05, 3.63) is 0 Å². The summed E-state index contributed by atoms with van der Waals surface area (Å²) >= 11 is 4.55. The van der Waals surface area contributed by atoms with Crippen LogP contribution in [0.25, 0.3) is 0 Å². The van der Waals surface area contributed by atoms with Gasteiger partial charge in [-0.2, -0.15) is 13.2 Å². The normalized spacial score (nSPS) is 10.9. The van der Waals surface area contributed by atoms with Crippen LogP contribution < -0.4 is 10.6 Å². The number of rotatable bonds is 2. The lowest BCUT2D eigenvalue weighted by molar-refractivity contribution is -0.132. The van der Waals surface area contributed by atoms with E-state index >= 15 is 0 Å². The number of hydrogen-bond acceptors (Lipinski definition) is 1. The fourth-order valence-electron chi connectivity index (χ4n) is 0.406. The van der Waals surface area contributed by atoms with Crippen LogP contribution in [0.3, 0.4) is 0 Å². The second-order valence-electron chi connectivity index (χ2n) is 1.87. The van der Waals surface area contributed by atoms with E-state index in [1.54, 1.807) is 7.05 Å². The first-order valence-corrected chi connectivity index (χ1v) is 3.39. The topological polar surface area (TPSA) is 24.1 Å². The van der Waals surface area contributed by atoms with Gasteiger partial charge in [0.1, 0.15) is 0 Å². The lowest BCUT2D eigenvalue weighted by Crippen LogP contribution is -2.34. The summed E-state index contributed by atoms with van der Waals surface area (Å²) in [6, 6.07) is 0. The summed E-state index contributed by atoms with van der Waals surface area (Å²) in [7, 11) is 1.54. The maximum atomic E-state index is 11.5. The van der Waals surface area contributed by atoms with Crippen LogP contribution in [0.5, 0.6) is 0 Å². The highest BCUT2D eigenvalue weighted by atomic mass is 32.1. The van der Waals surface area contributed by atoms with Crippen molar-refractivity contribution in [3.63, 3.8) is 0 Å². The second-order valence-corrected chi connectivity index (χ2v) is 2.28. The van der Waals surface area contributed by atoms with E-state index in [1.165, 1.54) is 0 Å². The lowest BCUT2D eigenvalue weighted by Gasteiger charge is -2.08. The van der Waals surface area contributed by atoms with Crippen molar-refractivity contribution in [2.45, 2.75) is 12.6 Å². The zero-order valence-electron chi connectivity index (χ0n) is 5.96. The summed E-state index contributed by atoms with van der Waals surface area (Å²) in [6.07, 6.45) is -4.98. The molecule has 0 bridgehead atoms. The van der Waals surface area contributed by atoms with Gasteiger partial charge in [-0.3, -0.25) is 0 Å². The highest BCUT2D eigenvalue weighted by Gasteiger charge is 2.26. The molecule has 2 N–H and O–H groups in total. The highest BCUT2D eigenvalue weighted by molar-refractivity contribution is 7.80. The van der Waals surface area contributed by atoms with E-state index in [0.29, 0.717) is 0 Å². The summed E-state index contributed by atoms with van der Waals surface area (Å²) in [5.41, 5.74) is 0. The monoisotopic (exact) mass is 186 g/mol. The molecule has 0 rings (SSSR count). The van der Waals surface area contributed by atoms with E-state index in [4.69, 9.17) is 0 Å². The Balaban J connectivity index is 3.35. The third kappa shape index (κ3) is 7.38. The van der Waals surface area contributed by atoms with Crippen molar-refractivity contribution in [2.24, 2.45) is 0 Å². The summed E-state index contributed by atoms with van der Waals surface area (Å²) < 4.78 is 34.5. The van der Waals surface area contributed by atoms with Gasteiger partial charge in [-0.05, 0) is 12.2 Å². The van der Waals surface area contributed by atoms with Crippen LogP contribution in [0.15, 0.2) is 0 Å². The molecule has 0 unspecified atom stereocenters. The number of nitrogens with one attached hydrogen (secondary N) is 2. The van der Waals surface area contributed by atoms with E-state index in [1.807, 2.05) is 0 Å². The first kappa shape index (κ1) is 10.5. The van der Waals surface area contributed by atoms with Crippen LogP contribution in [-0.4, -0.2) is 24.9 Å². The standard InChI is InChI=1S/C5H9F3N2S/c1-9-4(11)10-3-2-5(6,7)8/h2-3H2,1H3,(H2,9,10,11). The Morgan fingerprint density at radius 3 is 2.36 bits per heavy atom. The van der Waals surface area contributed by atoms with Gasteiger partial charge in [0.2, 0.25) is 0 Å². The van der Waals surface area contributed by atoms with Crippen LogP contribution >= 0.6 is 12.2 Å². The molecule has 0 aromatic heterocycles. The smallest absolute Gasteiger partial charge is 0.366 e. The van der Waals surface area contributed by atoms with Crippen molar-refractivity contribution in [1.82, 2.24) is 10.6 Å². The van der Waals surface area contributed by atoms with Crippen molar-refractivity contribution in [3.8, 4) is 0 Å². The number of alkyl halides is 3. The second kappa shape index (κ2) is 4.38. The van der Waals surface area contributed by atoms with Gasteiger partial charge in [-0.15, -0.1) is 0 Å². The van der Waals surface area contributed by atoms with Gasteiger partial charge in [0.15, 0.2) is 5.11 Å². The Hall–Kier alpha value is -0.520. The molecule has 2 nitrogen and oxygen atoms in total. The van der Waals surface area contributed by atoms with Crippen LogP contribution in [0.2, 0.25) is 0 Å². The quantitative estimate of drug-likeness (QED) is 0.630. The van der Waals surface area contributed by atoms with E-state index in [-0.39, 0.29) is 11.7 Å². The van der Waals surface area contributed by atoms with Gasteiger partial charge in [-0.1, -0.05) is 0 Å². The molecule has 0 saturated heterocycles. The minimum atomic E-state index is -4.11. The molecule has 0 amide bonds. The Morgan fingerprint density at radius 2 is 2.00 bits per heavy atom. The Kier molecular flexibility index (Phi) is 4.17. The molecule has 0 aliphatic carbocycles. The van der Waals surface area contributed by atoms with E-state index in [0.717, 1.165) is 0 Å². The molecule has 0 aromatic rings. The third-order valence-electron chi connectivity index (χ3n) is 0.921. The molecule has 6 heteroatoms. The zero-order chi connectivity index (χ0) is 8.91. The summed E-state index contributed by atoms with van der Waals surface area (Å²) in [6.45, 7) is -0.177. The molecule has 0 aliphatic heterocycles. The average Bonchev–Trinajstić information content (AvgIpc) is 1.85. The van der Waals surface area contributed by atoms with E-state index in [2.05, 4.69) is 22.9 Å². The van der Waals surface area contributed by atoms with Crippen molar-refractivity contribution in [2.75, 3.05) is 13.6 Å². The summed E-state index contributed by atoms with van der Waals surface area (Å²) in [4.78, 5) is 0. The van der Waals surface area contributed by atoms with Gasteiger partial charge in [-0.25, -0.2) is 0 Å². The molecule has 0 heterocycles. The maximum Gasteiger partial charge on any atom is 0.390 e. The largest absolute Gasteiger partial charge is 0.390 e. The van der Waals surface area contributed by atoms with E-state index in [9.17, 15) is 13.2 Å². The van der Waals surface area contributed by atoms with Gasteiger partial charge in [0.25, 0.3) is 0 Å². The van der Waals surface area contributed by atoms with E-state index < -0.39 is 12.6 Å². The molecule has 11 heavy (non-hydrogen) atoms. The van der Waals surface area contributed by atoms with Crippen molar-refractivity contribution < 1.29 is 13.2 Å². The van der Waals surface area contributed by atoms with Gasteiger partial charge < -0.3 is 10.6 Å². The highest BCUT2D eigenvalue weighted by Crippen LogP contribution is 2.17. The minimum Gasteiger partial charge on any atom is -0.366 e. The van der Waals surface area contributed by atoms with Crippen LogP contribution in [-0.2, 0) is 0 Å².